The molecule has 0 atom stereocenters. The number of aromatic hydroxyl groups is 1. The van der Waals surface area contributed by atoms with E-state index in [1.807, 2.05) is 36.4 Å². The highest BCUT2D eigenvalue weighted by molar-refractivity contribution is 5.93. The van der Waals surface area contributed by atoms with Crippen LogP contribution in [-0.4, -0.2) is 5.11 Å². The summed E-state index contributed by atoms with van der Waals surface area (Å²) in [4.78, 5) is 4.87. The fourth-order valence-electron chi connectivity index (χ4n) is 2.82. The van der Waals surface area contributed by atoms with Gasteiger partial charge >= 0.3 is 0 Å². The lowest BCUT2D eigenvalue weighted by atomic mass is 10.1. The number of hydrogen-bond donors (Lipinski definition) is 1. The van der Waals surface area contributed by atoms with Crippen molar-refractivity contribution in [2.24, 2.45) is 4.99 Å². The van der Waals surface area contributed by atoms with Crippen LogP contribution in [0.5, 0.6) is 5.75 Å². The molecule has 2 heteroatoms. The molecule has 2 nitrogen and oxygen atoms in total. The zero-order chi connectivity index (χ0) is 15.6. The monoisotopic (exact) mass is 313 g/mol. The Kier molecular flexibility index (Phi) is 4.30. The molecule has 0 aliphatic carbocycles. The Balaban J connectivity index is 0.00000169. The van der Waals surface area contributed by atoms with E-state index in [0.717, 1.165) is 32.6 Å². The number of benzene rings is 3. The first-order valence-electron chi connectivity index (χ1n) is 7.56. The third-order valence-corrected chi connectivity index (χ3v) is 3.96. The molecule has 0 amide bonds. The lowest BCUT2D eigenvalue weighted by molar-refractivity contribution is 0.475. The predicted molar refractivity (Wildman–Crippen MR) is 102 cm³/mol. The van der Waals surface area contributed by atoms with Crippen molar-refractivity contribution in [3.05, 3.63) is 90.3 Å². The Morgan fingerprint density at radius 2 is 1.08 bits per heavy atom. The van der Waals surface area contributed by atoms with Gasteiger partial charge in [-0.05, 0) is 35.0 Å². The highest BCUT2D eigenvalue weighted by atomic mass is 16.3. The molecule has 4 aromatic carbocycles. The number of phenols is 1. The minimum absolute atomic E-state index is 0. The molecule has 0 saturated heterocycles. The average Bonchev–Trinajstić information content (AvgIpc) is 2.75. The summed E-state index contributed by atoms with van der Waals surface area (Å²) in [6, 6.07) is 27.8. The van der Waals surface area contributed by atoms with Crippen LogP contribution in [0.3, 0.4) is 0 Å². The number of hydrogen-bond acceptors (Lipinski definition) is 2. The predicted octanol–water partition coefficient (Wildman–Crippen LogP) is 5.57. The van der Waals surface area contributed by atoms with Crippen molar-refractivity contribution in [3.8, 4) is 5.75 Å². The van der Waals surface area contributed by atoms with Crippen molar-refractivity contribution >= 4 is 27.2 Å². The first-order chi connectivity index (χ1) is 11.3. The second-order valence-electron chi connectivity index (χ2n) is 5.48. The van der Waals surface area contributed by atoms with Gasteiger partial charge in [0.05, 0.1) is 11.0 Å². The molecule has 118 valence electrons. The quantitative estimate of drug-likeness (QED) is 0.490. The molecular formula is C22H19NO. The van der Waals surface area contributed by atoms with Gasteiger partial charge < -0.3 is 5.11 Å². The van der Waals surface area contributed by atoms with Gasteiger partial charge in [-0.3, -0.25) is 0 Å². The van der Waals surface area contributed by atoms with Crippen molar-refractivity contribution in [2.75, 3.05) is 0 Å². The molecule has 0 aliphatic heterocycles. The van der Waals surface area contributed by atoms with Gasteiger partial charge in [0.1, 0.15) is 5.75 Å². The maximum atomic E-state index is 9.46. The molecule has 0 unspecified atom stereocenters. The maximum absolute atomic E-state index is 9.46. The third-order valence-electron chi connectivity index (χ3n) is 3.96. The summed E-state index contributed by atoms with van der Waals surface area (Å²) < 4.78 is 0. The maximum Gasteiger partial charge on any atom is 0.115 e. The van der Waals surface area contributed by atoms with Gasteiger partial charge in [-0.2, -0.15) is 0 Å². The van der Waals surface area contributed by atoms with Crippen LogP contribution < -0.4 is 5.36 Å². The van der Waals surface area contributed by atoms with Crippen molar-refractivity contribution < 1.29 is 5.11 Å². The topological polar surface area (TPSA) is 32.6 Å². The van der Waals surface area contributed by atoms with E-state index in [1.54, 1.807) is 12.1 Å². The highest BCUT2D eigenvalue weighted by Gasteiger charge is 2.01. The van der Waals surface area contributed by atoms with Gasteiger partial charge in [0.15, 0.2) is 0 Å². The molecular weight excluding hydrogens is 294 g/mol. The summed E-state index contributed by atoms with van der Waals surface area (Å²) in [7, 11) is 0. The van der Waals surface area contributed by atoms with Crippen LogP contribution in [0.1, 0.15) is 7.43 Å². The fourth-order valence-corrected chi connectivity index (χ4v) is 2.82. The lowest BCUT2D eigenvalue weighted by Crippen LogP contribution is -2.01. The van der Waals surface area contributed by atoms with Crippen molar-refractivity contribution in [3.63, 3.8) is 0 Å². The standard InChI is InChI=1S/C21H15NO.CH4/c23-18-13-11-17(12-14-18)22-21-19-7-3-1-5-15(19)9-10-16-6-2-4-8-20(16)21;/h1-14,23H;1H4. The van der Waals surface area contributed by atoms with Crippen LogP contribution in [0.4, 0.5) is 5.69 Å². The van der Waals surface area contributed by atoms with Gasteiger partial charge in [0.2, 0.25) is 0 Å². The van der Waals surface area contributed by atoms with Crippen LogP contribution in [-0.2, 0) is 0 Å². The third kappa shape index (κ3) is 2.86. The molecule has 4 aromatic rings. The Morgan fingerprint density at radius 1 is 0.583 bits per heavy atom. The van der Waals surface area contributed by atoms with Crippen molar-refractivity contribution in [2.45, 2.75) is 7.43 Å². The molecule has 0 bridgehead atoms. The van der Waals surface area contributed by atoms with Crippen LogP contribution in [0, 0.1) is 0 Å². The molecule has 0 aromatic heterocycles. The highest BCUT2D eigenvalue weighted by Crippen LogP contribution is 2.19. The summed E-state index contributed by atoms with van der Waals surface area (Å²) in [6.45, 7) is 0. The Labute approximate surface area is 141 Å². The van der Waals surface area contributed by atoms with E-state index < -0.39 is 0 Å². The van der Waals surface area contributed by atoms with E-state index >= 15 is 0 Å². The normalized spacial score (nSPS) is 10.3. The minimum atomic E-state index is 0. The molecule has 1 N–H and O–H groups in total. The SMILES string of the molecule is C.Oc1ccc(N=c2c3ccccc3ccc3ccccc23)cc1. The largest absolute Gasteiger partial charge is 0.508 e. The van der Waals surface area contributed by atoms with Gasteiger partial charge in [-0.1, -0.05) is 68.1 Å². The van der Waals surface area contributed by atoms with Crippen LogP contribution in [0.25, 0.3) is 21.5 Å². The molecule has 0 radical (unpaired) electrons. The van der Waals surface area contributed by atoms with Crippen molar-refractivity contribution in [1.29, 1.82) is 0 Å². The smallest absolute Gasteiger partial charge is 0.115 e. The van der Waals surface area contributed by atoms with Crippen LogP contribution in [0.15, 0.2) is 89.9 Å². The first-order valence-corrected chi connectivity index (χ1v) is 7.56. The van der Waals surface area contributed by atoms with E-state index in [4.69, 9.17) is 4.99 Å². The molecule has 0 saturated carbocycles. The van der Waals surface area contributed by atoms with Crippen LogP contribution >= 0.6 is 0 Å². The first kappa shape index (κ1) is 15.8. The molecule has 0 spiro atoms. The Bertz CT molecular complexity index is 1000. The van der Waals surface area contributed by atoms with Crippen molar-refractivity contribution in [1.82, 2.24) is 0 Å². The number of nitrogens with zero attached hydrogens (tertiary/aromatic N) is 1. The van der Waals surface area contributed by atoms with E-state index in [-0.39, 0.29) is 13.2 Å². The summed E-state index contributed by atoms with van der Waals surface area (Å²) in [5.41, 5.74) is 0.823. The van der Waals surface area contributed by atoms with Crippen LogP contribution in [0.2, 0.25) is 0 Å². The zero-order valence-electron chi connectivity index (χ0n) is 12.5. The fraction of sp³-hybridized carbons (Fsp3) is 0.0455. The van der Waals surface area contributed by atoms with E-state index in [9.17, 15) is 5.11 Å². The molecule has 0 fully saturated rings. The number of fused-ring (bicyclic) bond motifs is 2. The second-order valence-corrected chi connectivity index (χ2v) is 5.48. The van der Waals surface area contributed by atoms with Gasteiger partial charge in [-0.15, -0.1) is 0 Å². The molecule has 0 heterocycles. The van der Waals surface area contributed by atoms with E-state index in [2.05, 4.69) is 36.4 Å². The summed E-state index contributed by atoms with van der Waals surface area (Å²) in [5, 5.41) is 14.9. The minimum Gasteiger partial charge on any atom is -0.508 e. The van der Waals surface area contributed by atoms with E-state index in [0.29, 0.717) is 0 Å². The Hall–Kier alpha value is -3.13. The van der Waals surface area contributed by atoms with Gasteiger partial charge in [0.25, 0.3) is 0 Å². The summed E-state index contributed by atoms with van der Waals surface area (Å²) in [5.74, 6) is 0.247. The van der Waals surface area contributed by atoms with Gasteiger partial charge in [0, 0.05) is 10.8 Å². The average molecular weight is 313 g/mol. The van der Waals surface area contributed by atoms with E-state index in [1.165, 1.54) is 0 Å². The lowest BCUT2D eigenvalue weighted by Gasteiger charge is -1.98. The number of phenolic OH excluding ortho intramolecular Hbond substituents is 1. The molecule has 4 rings (SSSR count). The van der Waals surface area contributed by atoms with Gasteiger partial charge in [-0.25, -0.2) is 4.99 Å². The summed E-state index contributed by atoms with van der Waals surface area (Å²) in [6.07, 6.45) is 0. The summed E-state index contributed by atoms with van der Waals surface area (Å²) >= 11 is 0. The second kappa shape index (κ2) is 6.55. The molecule has 24 heavy (non-hydrogen) atoms. The zero-order valence-corrected chi connectivity index (χ0v) is 12.5. The molecule has 0 aliphatic rings. The number of rotatable bonds is 1. The Morgan fingerprint density at radius 3 is 1.62 bits per heavy atom.